The Labute approximate surface area is 106 Å². The first-order valence-corrected chi connectivity index (χ1v) is 5.99. The SMILES string of the molecule is COC(C)(C)O[C@@H]1COC(=O)[C@@H]2OC(C)(C)O[C@H]12. The lowest BCUT2D eigenvalue weighted by Crippen LogP contribution is -2.52. The van der Waals surface area contributed by atoms with Crippen LogP contribution in [0.5, 0.6) is 0 Å². The van der Waals surface area contributed by atoms with Gasteiger partial charge in [0.05, 0.1) is 0 Å². The number of fused-ring (bicyclic) bond motifs is 1. The van der Waals surface area contributed by atoms with Gasteiger partial charge in [-0.3, -0.25) is 0 Å². The number of hydrogen-bond acceptors (Lipinski definition) is 6. The highest BCUT2D eigenvalue weighted by Crippen LogP contribution is 2.35. The van der Waals surface area contributed by atoms with Crippen molar-refractivity contribution >= 4 is 5.97 Å². The van der Waals surface area contributed by atoms with E-state index in [1.165, 1.54) is 0 Å². The van der Waals surface area contributed by atoms with Crippen molar-refractivity contribution in [2.45, 2.75) is 57.6 Å². The summed E-state index contributed by atoms with van der Waals surface area (Å²) in [7, 11) is 1.56. The van der Waals surface area contributed by atoms with Crippen LogP contribution in [-0.2, 0) is 28.5 Å². The van der Waals surface area contributed by atoms with E-state index < -0.39 is 35.9 Å². The van der Waals surface area contributed by atoms with Crippen molar-refractivity contribution in [3.63, 3.8) is 0 Å². The molecule has 0 aromatic rings. The minimum absolute atomic E-state index is 0.145. The zero-order valence-corrected chi connectivity index (χ0v) is 11.4. The van der Waals surface area contributed by atoms with Gasteiger partial charge in [-0.2, -0.15) is 0 Å². The molecule has 18 heavy (non-hydrogen) atoms. The number of cyclic esters (lactones) is 1. The normalized spacial score (nSPS) is 35.2. The number of methoxy groups -OCH3 is 1. The predicted molar refractivity (Wildman–Crippen MR) is 60.7 cm³/mol. The van der Waals surface area contributed by atoms with Gasteiger partial charge in [0.15, 0.2) is 17.7 Å². The van der Waals surface area contributed by atoms with Gasteiger partial charge in [-0.05, 0) is 27.7 Å². The molecule has 6 heteroatoms. The fourth-order valence-corrected chi connectivity index (χ4v) is 2.10. The van der Waals surface area contributed by atoms with Crippen LogP contribution in [0.1, 0.15) is 27.7 Å². The van der Waals surface area contributed by atoms with Gasteiger partial charge in [0, 0.05) is 7.11 Å². The number of carbonyl (C=O) groups excluding carboxylic acids is 1. The van der Waals surface area contributed by atoms with Gasteiger partial charge >= 0.3 is 5.97 Å². The zero-order valence-electron chi connectivity index (χ0n) is 11.4. The molecule has 2 fully saturated rings. The van der Waals surface area contributed by atoms with E-state index in [0.717, 1.165) is 0 Å². The fraction of sp³-hybridized carbons (Fsp3) is 0.917. The third-order valence-electron chi connectivity index (χ3n) is 3.04. The highest BCUT2D eigenvalue weighted by molar-refractivity contribution is 5.76. The van der Waals surface area contributed by atoms with E-state index in [4.69, 9.17) is 23.7 Å². The van der Waals surface area contributed by atoms with Gasteiger partial charge in [-0.15, -0.1) is 0 Å². The lowest BCUT2D eigenvalue weighted by Gasteiger charge is -2.35. The molecule has 2 aliphatic rings. The molecule has 0 spiro atoms. The molecule has 2 saturated heterocycles. The molecule has 0 aromatic heterocycles. The molecule has 0 aromatic carbocycles. The van der Waals surface area contributed by atoms with Gasteiger partial charge < -0.3 is 23.7 Å². The van der Waals surface area contributed by atoms with Crippen LogP contribution in [0.2, 0.25) is 0 Å². The molecule has 0 amide bonds. The maximum Gasteiger partial charge on any atom is 0.338 e. The third kappa shape index (κ3) is 2.66. The van der Waals surface area contributed by atoms with Crippen LogP contribution in [0.4, 0.5) is 0 Å². The van der Waals surface area contributed by atoms with Crippen molar-refractivity contribution in [1.82, 2.24) is 0 Å². The van der Waals surface area contributed by atoms with E-state index >= 15 is 0 Å². The summed E-state index contributed by atoms with van der Waals surface area (Å²) >= 11 is 0. The summed E-state index contributed by atoms with van der Waals surface area (Å²) in [6, 6.07) is 0. The molecule has 3 atom stereocenters. The van der Waals surface area contributed by atoms with E-state index in [1.54, 1.807) is 34.8 Å². The smallest absolute Gasteiger partial charge is 0.338 e. The Morgan fingerprint density at radius 3 is 2.61 bits per heavy atom. The summed E-state index contributed by atoms with van der Waals surface area (Å²) in [5.41, 5.74) is 0. The molecule has 2 rings (SSSR count). The lowest BCUT2D eigenvalue weighted by atomic mass is 10.1. The highest BCUT2D eigenvalue weighted by Gasteiger charge is 2.53. The molecule has 0 radical (unpaired) electrons. The molecule has 2 aliphatic heterocycles. The van der Waals surface area contributed by atoms with Crippen molar-refractivity contribution in [3.05, 3.63) is 0 Å². The first-order chi connectivity index (χ1) is 8.24. The molecular weight excluding hydrogens is 240 g/mol. The number of hydrogen-bond donors (Lipinski definition) is 0. The van der Waals surface area contributed by atoms with Crippen LogP contribution in [0.25, 0.3) is 0 Å². The monoisotopic (exact) mass is 260 g/mol. The number of carbonyl (C=O) groups is 1. The topological polar surface area (TPSA) is 63.2 Å². The average Bonchev–Trinajstić information content (AvgIpc) is 2.59. The minimum atomic E-state index is -0.808. The van der Waals surface area contributed by atoms with Gasteiger partial charge in [-0.1, -0.05) is 0 Å². The van der Waals surface area contributed by atoms with Crippen LogP contribution in [0.15, 0.2) is 0 Å². The summed E-state index contributed by atoms with van der Waals surface area (Å²) in [6.45, 7) is 7.25. The number of esters is 1. The maximum absolute atomic E-state index is 11.6. The fourth-order valence-electron chi connectivity index (χ4n) is 2.10. The summed E-state index contributed by atoms with van der Waals surface area (Å²) in [5, 5.41) is 0. The second kappa shape index (κ2) is 4.45. The molecule has 0 saturated carbocycles. The van der Waals surface area contributed by atoms with Gasteiger partial charge in [0.1, 0.15) is 18.8 Å². The summed E-state index contributed by atoms with van der Waals surface area (Å²) in [6.07, 6.45) is -1.59. The Morgan fingerprint density at radius 2 is 2.00 bits per heavy atom. The van der Waals surface area contributed by atoms with Crippen molar-refractivity contribution in [2.24, 2.45) is 0 Å². The minimum Gasteiger partial charge on any atom is -0.461 e. The van der Waals surface area contributed by atoms with Crippen molar-refractivity contribution < 1.29 is 28.5 Å². The largest absolute Gasteiger partial charge is 0.461 e. The standard InChI is InChI=1S/C12H20O6/c1-11(2,14-5)16-7-6-15-10(13)9-8(7)17-12(3,4)18-9/h7-9H,6H2,1-5H3/t7-,8-,9-/m1/s1. The summed E-state index contributed by atoms with van der Waals surface area (Å²) in [4.78, 5) is 11.6. The van der Waals surface area contributed by atoms with Crippen molar-refractivity contribution in [2.75, 3.05) is 13.7 Å². The molecule has 6 nitrogen and oxygen atoms in total. The first kappa shape index (κ1) is 13.7. The van der Waals surface area contributed by atoms with Crippen molar-refractivity contribution in [3.8, 4) is 0 Å². The maximum atomic E-state index is 11.6. The van der Waals surface area contributed by atoms with E-state index in [-0.39, 0.29) is 6.61 Å². The zero-order chi connectivity index (χ0) is 13.6. The van der Waals surface area contributed by atoms with Crippen molar-refractivity contribution in [1.29, 1.82) is 0 Å². The molecule has 104 valence electrons. The van der Waals surface area contributed by atoms with Crippen LogP contribution in [0.3, 0.4) is 0 Å². The third-order valence-corrected chi connectivity index (χ3v) is 3.04. The molecule has 0 unspecified atom stereocenters. The second-order valence-electron chi connectivity index (χ2n) is 5.41. The number of rotatable bonds is 3. The quantitative estimate of drug-likeness (QED) is 0.553. The predicted octanol–water partition coefficient (Wildman–Crippen LogP) is 0.831. The van der Waals surface area contributed by atoms with Crippen LogP contribution < -0.4 is 0 Å². The lowest BCUT2D eigenvalue weighted by molar-refractivity contribution is -0.261. The van der Waals surface area contributed by atoms with Gasteiger partial charge in [0.25, 0.3) is 0 Å². The average molecular weight is 260 g/mol. The Morgan fingerprint density at radius 1 is 1.33 bits per heavy atom. The summed E-state index contributed by atoms with van der Waals surface area (Å²) in [5.74, 6) is -1.98. The molecule has 2 heterocycles. The van der Waals surface area contributed by atoms with E-state index in [2.05, 4.69) is 0 Å². The van der Waals surface area contributed by atoms with E-state index in [0.29, 0.717) is 0 Å². The van der Waals surface area contributed by atoms with E-state index in [9.17, 15) is 4.79 Å². The van der Waals surface area contributed by atoms with Crippen LogP contribution >= 0.6 is 0 Å². The summed E-state index contributed by atoms with van der Waals surface area (Å²) < 4.78 is 27.3. The highest BCUT2D eigenvalue weighted by atomic mass is 16.8. The Balaban J connectivity index is 2.11. The molecule has 0 N–H and O–H groups in total. The second-order valence-corrected chi connectivity index (χ2v) is 5.41. The van der Waals surface area contributed by atoms with Crippen LogP contribution in [-0.4, -0.2) is 49.6 Å². The molecule has 0 bridgehead atoms. The van der Waals surface area contributed by atoms with Gasteiger partial charge in [-0.25, -0.2) is 4.79 Å². The Kier molecular flexibility index (Phi) is 3.40. The van der Waals surface area contributed by atoms with Crippen LogP contribution in [0, 0.1) is 0 Å². The van der Waals surface area contributed by atoms with Gasteiger partial charge in [0.2, 0.25) is 0 Å². The Hall–Kier alpha value is -0.690. The number of ether oxygens (including phenoxy) is 5. The van der Waals surface area contributed by atoms with E-state index in [1.807, 2.05) is 0 Å². The first-order valence-electron chi connectivity index (χ1n) is 5.99. The Bertz CT molecular complexity index is 337. The molecule has 0 aliphatic carbocycles. The molecular formula is C12H20O6.